The highest BCUT2D eigenvalue weighted by molar-refractivity contribution is 5.46. The van der Waals surface area contributed by atoms with Crippen molar-refractivity contribution in [1.29, 1.82) is 0 Å². The molecule has 13 heavy (non-hydrogen) atoms. The van der Waals surface area contributed by atoms with E-state index in [1.54, 1.807) is 4.90 Å². The smallest absolute Gasteiger partial charge is 0.209 e. The van der Waals surface area contributed by atoms with E-state index in [-0.39, 0.29) is 0 Å². The number of rotatable bonds is 8. The minimum Gasteiger partial charge on any atom is -0.348 e. The summed E-state index contributed by atoms with van der Waals surface area (Å²) in [5, 5.41) is 3.48. The molecule has 0 aromatic carbocycles. The van der Waals surface area contributed by atoms with Gasteiger partial charge in [0.05, 0.1) is 0 Å². The second-order valence-electron chi connectivity index (χ2n) is 3.88. The van der Waals surface area contributed by atoms with Gasteiger partial charge in [-0.05, 0) is 32.2 Å². The van der Waals surface area contributed by atoms with E-state index < -0.39 is 0 Å². The molecule has 0 bridgehead atoms. The van der Waals surface area contributed by atoms with Gasteiger partial charge in [0.15, 0.2) is 0 Å². The summed E-state index contributed by atoms with van der Waals surface area (Å²) in [5.74, 6) is 0. The molecule has 3 nitrogen and oxygen atoms in total. The summed E-state index contributed by atoms with van der Waals surface area (Å²) in [6.07, 6.45) is 7.22. The van der Waals surface area contributed by atoms with Gasteiger partial charge < -0.3 is 10.2 Å². The molecular weight excluding hydrogens is 164 g/mol. The van der Waals surface area contributed by atoms with Crippen molar-refractivity contribution in [3.8, 4) is 0 Å². The van der Waals surface area contributed by atoms with Crippen molar-refractivity contribution < 1.29 is 4.79 Å². The largest absolute Gasteiger partial charge is 0.348 e. The average Bonchev–Trinajstić information content (AvgIpc) is 2.94. The summed E-state index contributed by atoms with van der Waals surface area (Å²) < 4.78 is 0. The van der Waals surface area contributed by atoms with Crippen LogP contribution >= 0.6 is 0 Å². The standard InChI is InChI=1S/C10H20N2O/c1-12(9-13)8-4-2-3-7-11-10-5-6-10/h9-11H,2-8H2,1H3. The van der Waals surface area contributed by atoms with Gasteiger partial charge >= 0.3 is 0 Å². The van der Waals surface area contributed by atoms with E-state index in [0.29, 0.717) is 0 Å². The van der Waals surface area contributed by atoms with Crippen LogP contribution in [-0.2, 0) is 4.79 Å². The molecule has 1 amide bonds. The Balaban J connectivity index is 1.75. The van der Waals surface area contributed by atoms with Gasteiger partial charge in [-0.3, -0.25) is 4.79 Å². The maximum atomic E-state index is 10.2. The topological polar surface area (TPSA) is 32.3 Å². The van der Waals surface area contributed by atoms with Gasteiger partial charge in [0, 0.05) is 19.6 Å². The Morgan fingerprint density at radius 1 is 1.38 bits per heavy atom. The molecule has 1 N–H and O–H groups in total. The van der Waals surface area contributed by atoms with Crippen molar-refractivity contribution in [3.63, 3.8) is 0 Å². The van der Waals surface area contributed by atoms with Gasteiger partial charge in [-0.2, -0.15) is 0 Å². The van der Waals surface area contributed by atoms with Crippen LogP contribution in [0.25, 0.3) is 0 Å². The van der Waals surface area contributed by atoms with E-state index in [0.717, 1.165) is 32.0 Å². The first kappa shape index (κ1) is 10.5. The minimum absolute atomic E-state index is 0.831. The Morgan fingerprint density at radius 3 is 2.77 bits per heavy atom. The lowest BCUT2D eigenvalue weighted by atomic mass is 10.2. The number of hydrogen-bond donors (Lipinski definition) is 1. The summed E-state index contributed by atoms with van der Waals surface area (Å²) in [7, 11) is 1.83. The number of hydrogen-bond acceptors (Lipinski definition) is 2. The molecule has 0 unspecified atom stereocenters. The van der Waals surface area contributed by atoms with Gasteiger partial charge in [0.2, 0.25) is 6.41 Å². The zero-order chi connectivity index (χ0) is 9.52. The van der Waals surface area contributed by atoms with Crippen LogP contribution in [0, 0.1) is 0 Å². The average molecular weight is 184 g/mol. The molecule has 0 radical (unpaired) electrons. The van der Waals surface area contributed by atoms with Crippen molar-refractivity contribution in [2.45, 2.75) is 38.1 Å². The van der Waals surface area contributed by atoms with E-state index >= 15 is 0 Å². The number of carbonyl (C=O) groups is 1. The first-order valence-corrected chi connectivity index (χ1v) is 5.22. The van der Waals surface area contributed by atoms with E-state index in [4.69, 9.17) is 0 Å². The first-order valence-electron chi connectivity index (χ1n) is 5.22. The Hall–Kier alpha value is -0.570. The van der Waals surface area contributed by atoms with Crippen LogP contribution in [-0.4, -0.2) is 37.5 Å². The Bertz CT molecular complexity index is 146. The molecule has 1 aliphatic rings. The number of amides is 1. The zero-order valence-corrected chi connectivity index (χ0v) is 8.46. The van der Waals surface area contributed by atoms with E-state index in [1.165, 1.54) is 25.7 Å². The SMILES string of the molecule is CN(C=O)CCCCCNC1CC1. The molecule has 0 saturated heterocycles. The van der Waals surface area contributed by atoms with Crippen molar-refractivity contribution in [2.24, 2.45) is 0 Å². The molecule has 1 fully saturated rings. The van der Waals surface area contributed by atoms with Crippen LogP contribution in [0.2, 0.25) is 0 Å². The highest BCUT2D eigenvalue weighted by Gasteiger charge is 2.19. The Labute approximate surface area is 80.5 Å². The Kier molecular flexibility index (Phi) is 4.83. The molecule has 0 heterocycles. The number of nitrogens with one attached hydrogen (secondary N) is 1. The van der Waals surface area contributed by atoms with Crippen LogP contribution in [0.3, 0.4) is 0 Å². The van der Waals surface area contributed by atoms with Crippen molar-refractivity contribution in [3.05, 3.63) is 0 Å². The predicted molar refractivity (Wildman–Crippen MR) is 53.6 cm³/mol. The van der Waals surface area contributed by atoms with Gasteiger partial charge in [0.1, 0.15) is 0 Å². The monoisotopic (exact) mass is 184 g/mol. The van der Waals surface area contributed by atoms with Gasteiger partial charge in [-0.15, -0.1) is 0 Å². The molecular formula is C10H20N2O. The number of nitrogens with zero attached hydrogens (tertiary/aromatic N) is 1. The molecule has 1 rings (SSSR count). The third-order valence-electron chi connectivity index (χ3n) is 2.38. The van der Waals surface area contributed by atoms with Gasteiger partial charge in [-0.25, -0.2) is 0 Å². The van der Waals surface area contributed by atoms with Gasteiger partial charge in [-0.1, -0.05) is 6.42 Å². The molecule has 0 aromatic rings. The second kappa shape index (κ2) is 5.97. The number of unbranched alkanes of at least 4 members (excludes halogenated alkanes) is 2. The van der Waals surface area contributed by atoms with Crippen molar-refractivity contribution in [2.75, 3.05) is 20.1 Å². The van der Waals surface area contributed by atoms with Crippen molar-refractivity contribution in [1.82, 2.24) is 10.2 Å². The molecule has 3 heteroatoms. The van der Waals surface area contributed by atoms with Crippen LogP contribution < -0.4 is 5.32 Å². The van der Waals surface area contributed by atoms with Crippen LogP contribution in [0.5, 0.6) is 0 Å². The summed E-state index contributed by atoms with van der Waals surface area (Å²) in [5.41, 5.74) is 0. The van der Waals surface area contributed by atoms with Crippen LogP contribution in [0.4, 0.5) is 0 Å². The molecule has 0 atom stereocenters. The molecule has 1 saturated carbocycles. The summed E-state index contributed by atoms with van der Waals surface area (Å²) >= 11 is 0. The summed E-state index contributed by atoms with van der Waals surface area (Å²) in [6, 6.07) is 0.831. The van der Waals surface area contributed by atoms with E-state index in [1.807, 2.05) is 7.05 Å². The molecule has 0 aromatic heterocycles. The lowest BCUT2D eigenvalue weighted by Gasteiger charge is -2.09. The zero-order valence-electron chi connectivity index (χ0n) is 8.46. The Morgan fingerprint density at radius 2 is 2.15 bits per heavy atom. The fraction of sp³-hybridized carbons (Fsp3) is 0.900. The predicted octanol–water partition coefficient (Wildman–Crippen LogP) is 0.997. The highest BCUT2D eigenvalue weighted by atomic mass is 16.1. The molecule has 1 aliphatic carbocycles. The van der Waals surface area contributed by atoms with Crippen LogP contribution in [0.15, 0.2) is 0 Å². The third kappa shape index (κ3) is 5.64. The summed E-state index contributed by atoms with van der Waals surface area (Å²) in [6.45, 7) is 2.04. The molecule has 0 aliphatic heterocycles. The normalized spacial score (nSPS) is 15.8. The molecule has 76 valence electrons. The van der Waals surface area contributed by atoms with E-state index in [9.17, 15) is 4.79 Å². The van der Waals surface area contributed by atoms with Crippen LogP contribution in [0.1, 0.15) is 32.1 Å². The maximum absolute atomic E-state index is 10.2. The quantitative estimate of drug-likeness (QED) is 0.451. The van der Waals surface area contributed by atoms with Crippen molar-refractivity contribution >= 4 is 6.41 Å². The summed E-state index contributed by atoms with van der Waals surface area (Å²) in [4.78, 5) is 11.9. The lowest BCUT2D eigenvalue weighted by molar-refractivity contribution is -0.117. The van der Waals surface area contributed by atoms with E-state index in [2.05, 4.69) is 5.32 Å². The highest BCUT2D eigenvalue weighted by Crippen LogP contribution is 2.18. The fourth-order valence-electron chi connectivity index (χ4n) is 1.31. The fourth-order valence-corrected chi connectivity index (χ4v) is 1.31. The third-order valence-corrected chi connectivity index (χ3v) is 2.38. The lowest BCUT2D eigenvalue weighted by Crippen LogP contribution is -2.19. The number of carbonyl (C=O) groups excluding carboxylic acids is 1. The first-order chi connectivity index (χ1) is 6.33. The minimum atomic E-state index is 0.831. The molecule has 0 spiro atoms. The maximum Gasteiger partial charge on any atom is 0.209 e. The second-order valence-corrected chi connectivity index (χ2v) is 3.88. The van der Waals surface area contributed by atoms with Gasteiger partial charge in [0.25, 0.3) is 0 Å².